The average molecular weight is 138 g/mol. The Morgan fingerprint density at radius 1 is 1.86 bits per heavy atom. The molecule has 0 radical (unpaired) electrons. The highest BCUT2D eigenvalue weighted by Gasteiger charge is 2.02. The Labute approximate surface area is 54.0 Å². The number of halogens is 1. The predicted molar refractivity (Wildman–Crippen MR) is 37.7 cm³/mol. The summed E-state index contributed by atoms with van der Waals surface area (Å²) in [6.45, 7) is 3.20. The van der Waals surface area contributed by atoms with Gasteiger partial charge in [0.2, 0.25) is 0 Å². The van der Waals surface area contributed by atoms with Crippen molar-refractivity contribution in [1.29, 1.82) is 0 Å². The van der Waals surface area contributed by atoms with Gasteiger partial charge < -0.3 is 0 Å². The number of aliphatic imine (C=N–C) groups is 1. The third kappa shape index (κ3) is 2.19. The molecule has 0 saturated heterocycles. The Bertz CT molecular complexity index is 66.1. The molecular weight excluding hydrogens is 130 g/mol. The highest BCUT2D eigenvalue weighted by Crippen LogP contribution is 2.12. The van der Waals surface area contributed by atoms with E-state index in [-0.39, 0.29) is 12.4 Å². The molecule has 0 unspecified atom stereocenters. The second-order valence-electron chi connectivity index (χ2n) is 1.42. The molecule has 0 bridgehead atoms. The summed E-state index contributed by atoms with van der Waals surface area (Å²) >= 11 is 1.81. The fourth-order valence-corrected chi connectivity index (χ4v) is 0.933. The molecule has 42 valence electrons. The van der Waals surface area contributed by atoms with Crippen molar-refractivity contribution in [3.8, 4) is 0 Å². The predicted octanol–water partition coefficient (Wildman–Crippen LogP) is 1.57. The van der Waals surface area contributed by atoms with Crippen LogP contribution in [0.15, 0.2) is 4.99 Å². The minimum absolute atomic E-state index is 0. The monoisotopic (exact) mass is 137 g/mol. The summed E-state index contributed by atoms with van der Waals surface area (Å²) in [4.78, 5) is 4.00. The van der Waals surface area contributed by atoms with E-state index in [1.807, 2.05) is 5.55 Å². The number of hydrogen-bond donors (Lipinski definition) is 0. The zero-order valence-corrected chi connectivity index (χ0v) is 5.76. The van der Waals surface area contributed by atoms with Crippen LogP contribution in [0.5, 0.6) is 0 Å². The van der Waals surface area contributed by atoms with Crippen LogP contribution >= 0.6 is 24.2 Å². The quantitative estimate of drug-likeness (QED) is 0.494. The average Bonchev–Trinajstić information content (AvgIpc) is 1.86. The number of hydrogen-bond acceptors (Lipinski definition) is 2. The summed E-state index contributed by atoms with van der Waals surface area (Å²) in [6.07, 6.45) is 0. The molecule has 0 aromatic rings. The summed E-state index contributed by atoms with van der Waals surface area (Å²) in [5.41, 5.74) is 1.92. The first-order valence-electron chi connectivity index (χ1n) is 2.03. The van der Waals surface area contributed by atoms with Crippen molar-refractivity contribution in [3.63, 3.8) is 0 Å². The van der Waals surface area contributed by atoms with E-state index in [4.69, 9.17) is 0 Å². The van der Waals surface area contributed by atoms with Gasteiger partial charge in [-0.25, -0.2) is 0 Å². The van der Waals surface area contributed by atoms with Gasteiger partial charge in [0.05, 0.1) is 12.1 Å². The van der Waals surface area contributed by atoms with Gasteiger partial charge in [0.15, 0.2) is 0 Å². The highest BCUT2D eigenvalue weighted by molar-refractivity contribution is 8.12. The summed E-state index contributed by atoms with van der Waals surface area (Å²) in [7, 11) is 0. The van der Waals surface area contributed by atoms with E-state index in [0.717, 1.165) is 11.8 Å². The van der Waals surface area contributed by atoms with E-state index >= 15 is 0 Å². The highest BCUT2D eigenvalue weighted by atomic mass is 35.5. The molecule has 1 aliphatic rings. The van der Waals surface area contributed by atoms with Crippen LogP contribution in [0.2, 0.25) is 0 Å². The molecular formula is C4H8ClNS. The lowest BCUT2D eigenvalue weighted by Gasteiger charge is -1.89. The SMILES string of the molecule is C[C@H]1CN=CS1.Cl. The molecule has 1 rings (SSSR count). The van der Waals surface area contributed by atoms with Crippen molar-refractivity contribution in [2.45, 2.75) is 12.2 Å². The van der Waals surface area contributed by atoms with Crippen molar-refractivity contribution in [2.24, 2.45) is 4.99 Å². The lowest BCUT2D eigenvalue weighted by molar-refractivity contribution is 0.978. The Morgan fingerprint density at radius 2 is 2.57 bits per heavy atom. The van der Waals surface area contributed by atoms with E-state index in [0.29, 0.717) is 0 Å². The molecule has 0 aliphatic carbocycles. The van der Waals surface area contributed by atoms with E-state index in [9.17, 15) is 0 Å². The first kappa shape index (κ1) is 7.31. The van der Waals surface area contributed by atoms with Crippen molar-refractivity contribution in [1.82, 2.24) is 0 Å². The van der Waals surface area contributed by atoms with Gasteiger partial charge in [-0.05, 0) is 0 Å². The summed E-state index contributed by atoms with van der Waals surface area (Å²) in [5.74, 6) is 0. The summed E-state index contributed by atoms with van der Waals surface area (Å²) in [5, 5.41) is 0.741. The maximum absolute atomic E-state index is 4.00. The van der Waals surface area contributed by atoms with Crippen molar-refractivity contribution in [2.75, 3.05) is 6.54 Å². The standard InChI is InChI=1S/C4H7NS.ClH/c1-4-2-5-3-6-4;/h3-4H,2H2,1H3;1H/t4-;/m0./s1. The third-order valence-electron chi connectivity index (χ3n) is 0.730. The molecule has 7 heavy (non-hydrogen) atoms. The summed E-state index contributed by atoms with van der Waals surface area (Å²) in [6, 6.07) is 0. The van der Waals surface area contributed by atoms with E-state index in [1.54, 1.807) is 11.8 Å². The Balaban J connectivity index is 0.000000360. The van der Waals surface area contributed by atoms with E-state index in [2.05, 4.69) is 11.9 Å². The smallest absolute Gasteiger partial charge is 0.0544 e. The second-order valence-corrected chi connectivity index (χ2v) is 2.70. The van der Waals surface area contributed by atoms with Crippen LogP contribution in [0.3, 0.4) is 0 Å². The lowest BCUT2D eigenvalue weighted by atomic mass is 10.5. The number of thioether (sulfide) groups is 1. The van der Waals surface area contributed by atoms with E-state index < -0.39 is 0 Å². The lowest BCUT2D eigenvalue weighted by Crippen LogP contribution is -1.91. The molecule has 0 aromatic carbocycles. The zero-order chi connectivity index (χ0) is 4.41. The van der Waals surface area contributed by atoms with Gasteiger partial charge >= 0.3 is 0 Å². The van der Waals surface area contributed by atoms with Crippen molar-refractivity contribution >= 4 is 29.7 Å². The molecule has 0 amide bonds. The van der Waals surface area contributed by atoms with Crippen LogP contribution in [0.4, 0.5) is 0 Å². The first-order chi connectivity index (χ1) is 2.89. The molecule has 0 saturated carbocycles. The molecule has 1 nitrogen and oxygen atoms in total. The Kier molecular flexibility index (Phi) is 3.48. The zero-order valence-electron chi connectivity index (χ0n) is 4.13. The van der Waals surface area contributed by atoms with Crippen LogP contribution in [0.25, 0.3) is 0 Å². The Hall–Kier alpha value is 0.310. The van der Waals surface area contributed by atoms with Crippen molar-refractivity contribution < 1.29 is 0 Å². The van der Waals surface area contributed by atoms with Crippen LogP contribution in [0, 0.1) is 0 Å². The number of nitrogens with zero attached hydrogens (tertiary/aromatic N) is 1. The minimum Gasteiger partial charge on any atom is -0.285 e. The molecule has 1 aliphatic heterocycles. The summed E-state index contributed by atoms with van der Waals surface area (Å²) < 4.78 is 0. The maximum Gasteiger partial charge on any atom is 0.0544 e. The van der Waals surface area contributed by atoms with Gasteiger partial charge in [0.25, 0.3) is 0 Å². The fraction of sp³-hybridized carbons (Fsp3) is 0.750. The van der Waals surface area contributed by atoms with Crippen LogP contribution in [-0.2, 0) is 0 Å². The minimum atomic E-state index is 0. The molecule has 3 heteroatoms. The first-order valence-corrected chi connectivity index (χ1v) is 2.97. The van der Waals surface area contributed by atoms with Gasteiger partial charge in [-0.1, -0.05) is 6.92 Å². The molecule has 1 atom stereocenters. The second kappa shape index (κ2) is 3.33. The van der Waals surface area contributed by atoms with Crippen LogP contribution < -0.4 is 0 Å². The molecule has 0 fully saturated rings. The molecule has 0 spiro atoms. The van der Waals surface area contributed by atoms with Gasteiger partial charge in [-0.15, -0.1) is 24.2 Å². The molecule has 0 aromatic heterocycles. The topological polar surface area (TPSA) is 12.4 Å². The third-order valence-corrected chi connectivity index (χ3v) is 1.61. The van der Waals surface area contributed by atoms with Gasteiger partial charge in [-0.3, -0.25) is 4.99 Å². The van der Waals surface area contributed by atoms with Gasteiger partial charge in [-0.2, -0.15) is 0 Å². The van der Waals surface area contributed by atoms with Crippen LogP contribution in [-0.4, -0.2) is 17.3 Å². The maximum atomic E-state index is 4.00. The van der Waals surface area contributed by atoms with Crippen molar-refractivity contribution in [3.05, 3.63) is 0 Å². The molecule has 1 heterocycles. The normalized spacial score (nSPS) is 27.3. The van der Waals surface area contributed by atoms with Gasteiger partial charge in [0, 0.05) is 5.25 Å². The van der Waals surface area contributed by atoms with Gasteiger partial charge in [0.1, 0.15) is 0 Å². The molecule has 0 N–H and O–H groups in total. The number of rotatable bonds is 0. The Morgan fingerprint density at radius 3 is 2.71 bits per heavy atom. The van der Waals surface area contributed by atoms with E-state index in [1.165, 1.54) is 0 Å². The van der Waals surface area contributed by atoms with Crippen LogP contribution in [0.1, 0.15) is 6.92 Å². The fourth-order valence-electron chi connectivity index (χ4n) is 0.381. The largest absolute Gasteiger partial charge is 0.285 e.